The van der Waals surface area contributed by atoms with Gasteiger partial charge in [0.05, 0.1) is 5.75 Å². The summed E-state index contributed by atoms with van der Waals surface area (Å²) in [6, 6.07) is 16.2. The first-order valence-corrected chi connectivity index (χ1v) is 8.30. The molecule has 0 aliphatic heterocycles. The van der Waals surface area contributed by atoms with E-state index in [4.69, 9.17) is 0 Å². The molecule has 0 fully saturated rings. The Kier molecular flexibility index (Phi) is 3.90. The van der Waals surface area contributed by atoms with Gasteiger partial charge in [-0.15, -0.1) is 23.1 Å². The zero-order chi connectivity index (χ0) is 13.9. The molecule has 1 heterocycles. The first-order valence-electron chi connectivity index (χ1n) is 6.43. The van der Waals surface area contributed by atoms with E-state index in [1.54, 1.807) is 23.1 Å². The molecule has 0 saturated heterocycles. The number of ketones is 1. The van der Waals surface area contributed by atoms with Gasteiger partial charge < -0.3 is 0 Å². The number of thioether (sulfide) groups is 1. The average Bonchev–Trinajstić information content (AvgIpc) is 2.94. The third-order valence-electron chi connectivity index (χ3n) is 3.23. The summed E-state index contributed by atoms with van der Waals surface area (Å²) < 4.78 is 1.10. The lowest BCUT2D eigenvalue weighted by molar-refractivity contribution is 0.102. The minimum absolute atomic E-state index is 0.200. The quantitative estimate of drug-likeness (QED) is 0.487. The third-order valence-corrected chi connectivity index (χ3v) is 5.37. The van der Waals surface area contributed by atoms with E-state index in [0.717, 1.165) is 15.6 Å². The number of carbonyl (C=O) groups excluding carboxylic acids is 1. The molecule has 0 bridgehead atoms. The van der Waals surface area contributed by atoms with E-state index in [2.05, 4.69) is 31.2 Å². The standard InChI is InChI=1S/C17H14OS2/c1-12-5-2-3-8-16(12)20-11-15(18)14-7-4-6-13-9-10-19-17(13)14/h2-10H,11H2,1H3. The minimum Gasteiger partial charge on any atom is -0.293 e. The van der Waals surface area contributed by atoms with Crippen LogP contribution in [-0.2, 0) is 0 Å². The highest BCUT2D eigenvalue weighted by molar-refractivity contribution is 8.00. The molecule has 20 heavy (non-hydrogen) atoms. The van der Waals surface area contributed by atoms with E-state index in [-0.39, 0.29) is 5.78 Å². The molecule has 0 atom stereocenters. The van der Waals surface area contributed by atoms with Gasteiger partial charge >= 0.3 is 0 Å². The number of hydrogen-bond donors (Lipinski definition) is 0. The number of benzene rings is 2. The van der Waals surface area contributed by atoms with Crippen LogP contribution in [0, 0.1) is 6.92 Å². The van der Waals surface area contributed by atoms with E-state index in [1.165, 1.54) is 10.5 Å². The summed E-state index contributed by atoms with van der Waals surface area (Å²) in [5.74, 6) is 0.688. The largest absolute Gasteiger partial charge is 0.293 e. The van der Waals surface area contributed by atoms with E-state index < -0.39 is 0 Å². The first-order chi connectivity index (χ1) is 9.75. The van der Waals surface area contributed by atoms with Crippen molar-refractivity contribution in [2.45, 2.75) is 11.8 Å². The van der Waals surface area contributed by atoms with Crippen molar-refractivity contribution in [3.8, 4) is 0 Å². The fraction of sp³-hybridized carbons (Fsp3) is 0.118. The maximum Gasteiger partial charge on any atom is 0.174 e. The van der Waals surface area contributed by atoms with Crippen LogP contribution in [0.15, 0.2) is 58.8 Å². The highest BCUT2D eigenvalue weighted by atomic mass is 32.2. The second kappa shape index (κ2) is 5.81. The van der Waals surface area contributed by atoms with E-state index in [0.29, 0.717) is 5.75 Å². The van der Waals surface area contributed by atoms with Crippen LogP contribution in [0.3, 0.4) is 0 Å². The van der Waals surface area contributed by atoms with E-state index >= 15 is 0 Å². The van der Waals surface area contributed by atoms with Gasteiger partial charge in [0.2, 0.25) is 0 Å². The van der Waals surface area contributed by atoms with Crippen molar-refractivity contribution in [2.75, 3.05) is 5.75 Å². The topological polar surface area (TPSA) is 17.1 Å². The summed E-state index contributed by atoms with van der Waals surface area (Å²) in [4.78, 5) is 13.6. The molecule has 0 spiro atoms. The Hall–Kier alpha value is -1.58. The summed E-state index contributed by atoms with van der Waals surface area (Å²) in [7, 11) is 0. The van der Waals surface area contributed by atoms with Crippen molar-refractivity contribution in [3.05, 3.63) is 65.0 Å². The Morgan fingerprint density at radius 2 is 1.95 bits per heavy atom. The van der Waals surface area contributed by atoms with Gasteiger partial charge in [-0.25, -0.2) is 0 Å². The molecule has 0 saturated carbocycles. The van der Waals surface area contributed by atoms with Crippen LogP contribution >= 0.6 is 23.1 Å². The Bertz CT molecular complexity index is 758. The molecular weight excluding hydrogens is 284 g/mol. The van der Waals surface area contributed by atoms with Crippen LogP contribution in [0.2, 0.25) is 0 Å². The van der Waals surface area contributed by atoms with E-state index in [1.807, 2.05) is 29.6 Å². The molecule has 0 aliphatic carbocycles. The van der Waals surface area contributed by atoms with Crippen LogP contribution < -0.4 is 0 Å². The van der Waals surface area contributed by atoms with Crippen molar-refractivity contribution in [1.82, 2.24) is 0 Å². The predicted molar refractivity (Wildman–Crippen MR) is 88.1 cm³/mol. The van der Waals surface area contributed by atoms with Crippen molar-refractivity contribution in [2.24, 2.45) is 0 Å². The highest BCUT2D eigenvalue weighted by Gasteiger charge is 2.11. The molecule has 3 heteroatoms. The summed E-state index contributed by atoms with van der Waals surface area (Å²) in [5.41, 5.74) is 2.07. The average molecular weight is 298 g/mol. The number of rotatable bonds is 4. The highest BCUT2D eigenvalue weighted by Crippen LogP contribution is 2.28. The number of carbonyl (C=O) groups is 1. The molecule has 2 aromatic carbocycles. The van der Waals surface area contributed by atoms with Gasteiger partial charge in [-0.1, -0.05) is 30.3 Å². The van der Waals surface area contributed by atoms with Crippen LogP contribution in [0.5, 0.6) is 0 Å². The summed E-state index contributed by atoms with van der Waals surface area (Å²) >= 11 is 3.25. The van der Waals surface area contributed by atoms with Crippen molar-refractivity contribution >= 4 is 39.0 Å². The van der Waals surface area contributed by atoms with Crippen LogP contribution in [-0.4, -0.2) is 11.5 Å². The van der Waals surface area contributed by atoms with Gasteiger partial charge in [-0.05, 0) is 41.5 Å². The fourth-order valence-corrected chi connectivity index (χ4v) is 4.00. The first kappa shape index (κ1) is 13.4. The lowest BCUT2D eigenvalue weighted by atomic mass is 10.1. The Morgan fingerprint density at radius 3 is 2.80 bits per heavy atom. The van der Waals surface area contributed by atoms with Gasteiger partial charge in [0.25, 0.3) is 0 Å². The molecule has 3 rings (SSSR count). The molecule has 0 radical (unpaired) electrons. The number of thiophene rings is 1. The smallest absolute Gasteiger partial charge is 0.174 e. The zero-order valence-corrected chi connectivity index (χ0v) is 12.8. The molecule has 1 aromatic heterocycles. The van der Waals surface area contributed by atoms with Gasteiger partial charge in [-0.3, -0.25) is 4.79 Å². The molecule has 0 amide bonds. The monoisotopic (exact) mass is 298 g/mol. The minimum atomic E-state index is 0.200. The molecule has 0 unspecified atom stereocenters. The predicted octanol–water partition coefficient (Wildman–Crippen LogP) is 5.18. The lowest BCUT2D eigenvalue weighted by Gasteiger charge is -2.05. The number of aryl methyl sites for hydroxylation is 1. The second-order valence-electron chi connectivity index (χ2n) is 4.62. The van der Waals surface area contributed by atoms with Crippen molar-refractivity contribution in [3.63, 3.8) is 0 Å². The fourth-order valence-electron chi connectivity index (χ4n) is 2.15. The lowest BCUT2D eigenvalue weighted by Crippen LogP contribution is -2.02. The van der Waals surface area contributed by atoms with Crippen LogP contribution in [0.25, 0.3) is 10.1 Å². The molecule has 3 aromatic rings. The maximum absolute atomic E-state index is 12.4. The Labute approximate surface area is 126 Å². The van der Waals surface area contributed by atoms with Crippen molar-refractivity contribution in [1.29, 1.82) is 0 Å². The maximum atomic E-state index is 12.4. The van der Waals surface area contributed by atoms with Gasteiger partial charge in [0, 0.05) is 15.2 Å². The third kappa shape index (κ3) is 2.65. The summed E-state index contributed by atoms with van der Waals surface area (Å²) in [6.07, 6.45) is 0. The van der Waals surface area contributed by atoms with Crippen molar-refractivity contribution < 1.29 is 4.79 Å². The van der Waals surface area contributed by atoms with Crippen LogP contribution in [0.4, 0.5) is 0 Å². The Morgan fingerprint density at radius 1 is 1.10 bits per heavy atom. The van der Waals surface area contributed by atoms with E-state index in [9.17, 15) is 4.79 Å². The number of hydrogen-bond acceptors (Lipinski definition) is 3. The SMILES string of the molecule is Cc1ccccc1SCC(=O)c1cccc2ccsc12. The number of Topliss-reactive ketones (excluding diaryl/α,β-unsaturated/α-hetero) is 1. The number of fused-ring (bicyclic) bond motifs is 1. The Balaban J connectivity index is 1.80. The molecule has 1 nitrogen and oxygen atoms in total. The molecular formula is C17H14OS2. The van der Waals surface area contributed by atoms with Crippen LogP contribution in [0.1, 0.15) is 15.9 Å². The summed E-state index contributed by atoms with van der Waals surface area (Å²) in [5, 5.41) is 3.19. The van der Waals surface area contributed by atoms with Gasteiger partial charge in [-0.2, -0.15) is 0 Å². The second-order valence-corrected chi connectivity index (χ2v) is 6.56. The molecule has 0 aliphatic rings. The van der Waals surface area contributed by atoms with Gasteiger partial charge in [0.15, 0.2) is 5.78 Å². The molecule has 0 N–H and O–H groups in total. The zero-order valence-electron chi connectivity index (χ0n) is 11.1. The summed E-state index contributed by atoms with van der Waals surface area (Å²) in [6.45, 7) is 2.08. The molecule has 100 valence electrons. The van der Waals surface area contributed by atoms with Gasteiger partial charge in [0.1, 0.15) is 0 Å². The normalized spacial score (nSPS) is 10.8.